The van der Waals surface area contributed by atoms with Crippen LogP contribution >= 0.6 is 23.2 Å². The van der Waals surface area contributed by atoms with Gasteiger partial charge in [0.15, 0.2) is 0 Å². The Balaban J connectivity index is 2.79. The number of nitrogens with two attached hydrogens (primary N) is 1. The van der Waals surface area contributed by atoms with Crippen molar-refractivity contribution < 1.29 is 4.39 Å². The molecule has 0 aliphatic rings. The molecule has 3 N–H and O–H groups in total. The number of halogens is 3. The third-order valence-corrected chi connectivity index (χ3v) is 2.52. The molecule has 0 bridgehead atoms. The van der Waals surface area contributed by atoms with Crippen LogP contribution in [-0.2, 0) is 6.54 Å². The molecule has 1 rings (SSSR count). The zero-order valence-corrected chi connectivity index (χ0v) is 9.00. The fourth-order valence-corrected chi connectivity index (χ4v) is 1.55. The minimum absolute atomic E-state index is 0.0713. The molecule has 0 amide bonds. The lowest BCUT2D eigenvalue weighted by Crippen LogP contribution is -2.22. The SMILES string of the molecule is NCCNCc1c(Cl)ccc(F)c1Cl. The summed E-state index contributed by atoms with van der Waals surface area (Å²) in [7, 11) is 0. The summed E-state index contributed by atoms with van der Waals surface area (Å²) in [5.74, 6) is -0.458. The highest BCUT2D eigenvalue weighted by atomic mass is 35.5. The molecule has 0 aliphatic carbocycles. The van der Waals surface area contributed by atoms with Crippen molar-refractivity contribution in [1.82, 2.24) is 5.32 Å². The average molecular weight is 237 g/mol. The van der Waals surface area contributed by atoms with Crippen LogP contribution in [0.3, 0.4) is 0 Å². The minimum atomic E-state index is -0.458. The van der Waals surface area contributed by atoms with Crippen LogP contribution in [-0.4, -0.2) is 13.1 Å². The summed E-state index contributed by atoms with van der Waals surface area (Å²) in [6.07, 6.45) is 0. The summed E-state index contributed by atoms with van der Waals surface area (Å²) in [4.78, 5) is 0. The Morgan fingerprint density at radius 1 is 1.36 bits per heavy atom. The standard InChI is InChI=1S/C9H11Cl2FN2/c10-7-1-2-8(12)9(11)6(7)5-14-4-3-13/h1-2,14H,3-5,13H2. The molecule has 0 radical (unpaired) electrons. The lowest BCUT2D eigenvalue weighted by Gasteiger charge is -2.08. The van der Waals surface area contributed by atoms with E-state index in [2.05, 4.69) is 5.32 Å². The smallest absolute Gasteiger partial charge is 0.142 e. The van der Waals surface area contributed by atoms with Crippen molar-refractivity contribution in [2.45, 2.75) is 6.54 Å². The van der Waals surface area contributed by atoms with Crippen LogP contribution in [0.1, 0.15) is 5.56 Å². The van der Waals surface area contributed by atoms with Gasteiger partial charge >= 0.3 is 0 Å². The molecule has 1 aromatic rings. The normalized spacial score (nSPS) is 10.6. The van der Waals surface area contributed by atoms with Crippen molar-refractivity contribution in [1.29, 1.82) is 0 Å². The van der Waals surface area contributed by atoms with Crippen LogP contribution in [0.25, 0.3) is 0 Å². The van der Waals surface area contributed by atoms with E-state index in [0.717, 1.165) is 0 Å². The van der Waals surface area contributed by atoms with Gasteiger partial charge in [0.25, 0.3) is 0 Å². The van der Waals surface area contributed by atoms with Gasteiger partial charge in [0, 0.05) is 30.2 Å². The largest absolute Gasteiger partial charge is 0.329 e. The van der Waals surface area contributed by atoms with Gasteiger partial charge in [-0.05, 0) is 12.1 Å². The minimum Gasteiger partial charge on any atom is -0.329 e. The van der Waals surface area contributed by atoms with E-state index in [-0.39, 0.29) is 5.02 Å². The molecule has 1 aromatic carbocycles. The fourth-order valence-electron chi connectivity index (χ4n) is 1.05. The molecule has 0 unspecified atom stereocenters. The van der Waals surface area contributed by atoms with Crippen molar-refractivity contribution >= 4 is 23.2 Å². The van der Waals surface area contributed by atoms with E-state index in [9.17, 15) is 4.39 Å². The van der Waals surface area contributed by atoms with Gasteiger partial charge in [-0.15, -0.1) is 0 Å². The van der Waals surface area contributed by atoms with Crippen LogP contribution in [0.2, 0.25) is 10.0 Å². The first-order valence-electron chi connectivity index (χ1n) is 4.20. The predicted octanol–water partition coefficient (Wildman–Crippen LogP) is 2.18. The Kier molecular flexibility index (Phi) is 4.62. The van der Waals surface area contributed by atoms with E-state index < -0.39 is 5.82 Å². The summed E-state index contributed by atoms with van der Waals surface area (Å²) >= 11 is 11.6. The van der Waals surface area contributed by atoms with Crippen molar-refractivity contribution in [2.75, 3.05) is 13.1 Å². The van der Waals surface area contributed by atoms with Crippen LogP contribution in [0.15, 0.2) is 12.1 Å². The lowest BCUT2D eigenvalue weighted by atomic mass is 10.2. The number of hydrogen-bond donors (Lipinski definition) is 2. The second-order valence-electron chi connectivity index (χ2n) is 2.79. The maximum Gasteiger partial charge on any atom is 0.142 e. The van der Waals surface area contributed by atoms with Crippen molar-refractivity contribution in [2.24, 2.45) is 5.73 Å². The van der Waals surface area contributed by atoms with Gasteiger partial charge in [-0.25, -0.2) is 4.39 Å². The highest BCUT2D eigenvalue weighted by Crippen LogP contribution is 2.26. The van der Waals surface area contributed by atoms with Gasteiger partial charge in [0.05, 0.1) is 5.02 Å². The second-order valence-corrected chi connectivity index (χ2v) is 3.57. The highest BCUT2D eigenvalue weighted by Gasteiger charge is 2.09. The summed E-state index contributed by atoms with van der Waals surface area (Å²) < 4.78 is 13.0. The van der Waals surface area contributed by atoms with Gasteiger partial charge in [0.1, 0.15) is 5.82 Å². The number of benzene rings is 1. The molecule has 0 fully saturated rings. The fraction of sp³-hybridized carbons (Fsp3) is 0.333. The summed E-state index contributed by atoms with van der Waals surface area (Å²) in [6, 6.07) is 2.74. The molecule has 5 heteroatoms. The zero-order chi connectivity index (χ0) is 10.6. The lowest BCUT2D eigenvalue weighted by molar-refractivity contribution is 0.621. The molecule has 0 aromatic heterocycles. The van der Waals surface area contributed by atoms with Gasteiger partial charge in [-0.1, -0.05) is 23.2 Å². The molecule has 0 atom stereocenters. The number of nitrogens with one attached hydrogen (secondary N) is 1. The van der Waals surface area contributed by atoms with E-state index in [1.165, 1.54) is 12.1 Å². The summed E-state index contributed by atoms with van der Waals surface area (Å²) in [6.45, 7) is 1.58. The number of rotatable bonds is 4. The maximum atomic E-state index is 13.0. The third kappa shape index (κ3) is 2.82. The maximum absolute atomic E-state index is 13.0. The Hall–Kier alpha value is -0.350. The summed E-state index contributed by atoms with van der Waals surface area (Å²) in [5.41, 5.74) is 5.87. The third-order valence-electron chi connectivity index (χ3n) is 1.76. The Morgan fingerprint density at radius 3 is 2.71 bits per heavy atom. The van der Waals surface area contributed by atoms with E-state index in [1.54, 1.807) is 0 Å². The first-order valence-corrected chi connectivity index (χ1v) is 4.95. The molecular formula is C9H11Cl2FN2. The van der Waals surface area contributed by atoms with Crippen LogP contribution < -0.4 is 11.1 Å². The first-order chi connectivity index (χ1) is 6.66. The quantitative estimate of drug-likeness (QED) is 0.622. The number of hydrogen-bond acceptors (Lipinski definition) is 2. The molecule has 0 aliphatic heterocycles. The Morgan fingerprint density at radius 2 is 2.07 bits per heavy atom. The summed E-state index contributed by atoms with van der Waals surface area (Å²) in [5, 5.41) is 3.53. The molecule has 0 saturated carbocycles. The topological polar surface area (TPSA) is 38.0 Å². The zero-order valence-electron chi connectivity index (χ0n) is 7.49. The highest BCUT2D eigenvalue weighted by molar-refractivity contribution is 6.36. The van der Waals surface area contributed by atoms with E-state index in [4.69, 9.17) is 28.9 Å². The molecule has 78 valence electrons. The van der Waals surface area contributed by atoms with Crippen LogP contribution in [0.5, 0.6) is 0 Å². The second kappa shape index (κ2) is 5.51. The van der Waals surface area contributed by atoms with Gasteiger partial charge in [-0.2, -0.15) is 0 Å². The monoisotopic (exact) mass is 236 g/mol. The average Bonchev–Trinajstić information content (AvgIpc) is 2.18. The van der Waals surface area contributed by atoms with E-state index >= 15 is 0 Å². The molecule has 0 saturated heterocycles. The van der Waals surface area contributed by atoms with Gasteiger partial charge in [-0.3, -0.25) is 0 Å². The van der Waals surface area contributed by atoms with Gasteiger partial charge in [0.2, 0.25) is 0 Å². The van der Waals surface area contributed by atoms with E-state index in [1.807, 2.05) is 0 Å². The van der Waals surface area contributed by atoms with E-state index in [0.29, 0.717) is 30.2 Å². The van der Waals surface area contributed by atoms with Crippen molar-refractivity contribution in [3.63, 3.8) is 0 Å². The first kappa shape index (κ1) is 11.7. The molecule has 0 spiro atoms. The Labute approximate surface area is 92.2 Å². The van der Waals surface area contributed by atoms with Gasteiger partial charge < -0.3 is 11.1 Å². The predicted molar refractivity (Wildman–Crippen MR) is 57.2 cm³/mol. The van der Waals surface area contributed by atoms with Crippen molar-refractivity contribution in [3.8, 4) is 0 Å². The molecule has 14 heavy (non-hydrogen) atoms. The Bertz CT molecular complexity index is 318. The van der Waals surface area contributed by atoms with Crippen molar-refractivity contribution in [3.05, 3.63) is 33.6 Å². The molecule has 2 nitrogen and oxygen atoms in total. The van der Waals surface area contributed by atoms with Crippen LogP contribution in [0, 0.1) is 5.82 Å². The van der Waals surface area contributed by atoms with Crippen LogP contribution in [0.4, 0.5) is 4.39 Å². The molecular weight excluding hydrogens is 226 g/mol. The molecule has 0 heterocycles.